The fourth-order valence-corrected chi connectivity index (χ4v) is 16.3. The number of hydrogen-bond acceptors (Lipinski definition) is 2. The summed E-state index contributed by atoms with van der Waals surface area (Å²) in [4.78, 5) is 12.0. The summed E-state index contributed by atoms with van der Waals surface area (Å²) in [5, 5.41) is 7.60. The van der Waals surface area contributed by atoms with Crippen LogP contribution >= 0.6 is 0 Å². The van der Waals surface area contributed by atoms with Crippen LogP contribution in [-0.2, 0) is 21.7 Å². The summed E-state index contributed by atoms with van der Waals surface area (Å²) >= 11 is 0. The average molecular weight is 1030 g/mol. The predicted molar refractivity (Wildman–Crippen MR) is 335 cm³/mol. The number of rotatable bonds is 2. The van der Waals surface area contributed by atoms with Crippen LogP contribution < -0.4 is 0 Å². The number of pyridine rings is 2. The number of nitrogens with zero attached hydrogens (tertiary/aromatic N) is 3. The standard InChI is InChI=1S/C78H55N3/c1-75(2,3)46-39-54-53(62(40-46)76(4,5)6)41-55-67-63(42-79-73-70(67)65-47(44-23-9-7-10-24-44)31-21-37-60(65)77(73)56-33-17-13-27-49(56)50-28-14-18-34-57(50)77)81-64-43-80-74-71(69(64)68(54)72(55)81)66-48(45-25-11-8-12-26-45)32-22-38-61(66)78(74)58-35-19-15-29-51(58)52-30-16-20-36-59(52)78/h7-43H,1-6H3. The Hall–Kier alpha value is -9.44. The molecule has 3 heteroatoms. The number of fused-ring (bicyclic) bond motifs is 30. The quantitative estimate of drug-likeness (QED) is 0.173. The van der Waals surface area contributed by atoms with E-state index in [1.54, 1.807) is 0 Å². The molecule has 3 nitrogen and oxygen atoms in total. The van der Waals surface area contributed by atoms with Crippen LogP contribution in [0.1, 0.15) is 97.4 Å². The van der Waals surface area contributed by atoms with Crippen LogP contribution in [0, 0.1) is 0 Å². The maximum atomic E-state index is 5.99. The van der Waals surface area contributed by atoms with Gasteiger partial charge in [0.05, 0.1) is 51.2 Å². The van der Waals surface area contributed by atoms with Crippen molar-refractivity contribution in [3.05, 3.63) is 281 Å². The lowest BCUT2D eigenvalue weighted by atomic mass is 9.72. The van der Waals surface area contributed by atoms with Gasteiger partial charge in [0.25, 0.3) is 0 Å². The maximum absolute atomic E-state index is 5.99. The van der Waals surface area contributed by atoms with Gasteiger partial charge in [-0.1, -0.05) is 242 Å². The van der Waals surface area contributed by atoms with Crippen molar-refractivity contribution in [2.24, 2.45) is 0 Å². The van der Waals surface area contributed by atoms with Crippen molar-refractivity contribution in [1.29, 1.82) is 0 Å². The van der Waals surface area contributed by atoms with Crippen molar-refractivity contribution >= 4 is 48.9 Å². The van der Waals surface area contributed by atoms with E-state index in [1.165, 1.54) is 149 Å². The van der Waals surface area contributed by atoms with Gasteiger partial charge < -0.3 is 4.40 Å². The molecule has 18 rings (SSSR count). The summed E-state index contributed by atoms with van der Waals surface area (Å²) in [6, 6.07) is 80.4. The molecule has 0 fully saturated rings. The zero-order valence-corrected chi connectivity index (χ0v) is 46.2. The second-order valence-corrected chi connectivity index (χ2v) is 25.5. The Balaban J connectivity index is 1.09. The summed E-state index contributed by atoms with van der Waals surface area (Å²) in [7, 11) is 0. The summed E-state index contributed by atoms with van der Waals surface area (Å²) in [5.74, 6) is 0. The molecule has 0 saturated heterocycles. The lowest BCUT2D eigenvalue weighted by Crippen LogP contribution is -2.27. The molecule has 0 atom stereocenters. The molecule has 0 aliphatic heterocycles. The highest BCUT2D eigenvalue weighted by atomic mass is 15.0. The minimum atomic E-state index is -0.657. The molecule has 10 aromatic carbocycles. The summed E-state index contributed by atoms with van der Waals surface area (Å²) in [6.45, 7) is 14.3. The Bertz CT molecular complexity index is 5030. The minimum absolute atomic E-state index is 0.122. The van der Waals surface area contributed by atoms with Gasteiger partial charge in [0.1, 0.15) is 0 Å². The zero-order chi connectivity index (χ0) is 54.1. The van der Waals surface area contributed by atoms with Crippen LogP contribution in [0.5, 0.6) is 0 Å². The Labute approximate surface area is 471 Å². The first-order chi connectivity index (χ1) is 39.5. The molecule has 14 aromatic rings. The van der Waals surface area contributed by atoms with E-state index >= 15 is 0 Å². The number of aromatic nitrogens is 3. The van der Waals surface area contributed by atoms with E-state index in [9.17, 15) is 0 Å². The summed E-state index contributed by atoms with van der Waals surface area (Å²) in [5.41, 5.74) is 29.3. The van der Waals surface area contributed by atoms with Crippen molar-refractivity contribution in [3.63, 3.8) is 0 Å². The van der Waals surface area contributed by atoms with Gasteiger partial charge in [0.2, 0.25) is 0 Å². The second-order valence-electron chi connectivity index (χ2n) is 25.5. The lowest BCUT2D eigenvalue weighted by molar-refractivity contribution is 0.573. The SMILES string of the molecule is CC(C)(C)c1cc(C(C)(C)C)c2cc3c4c5c(ncc4n4c6cnc7c(c6c(c2c1)c34)-c1c(-c2ccccc2)cccc1C71c2ccccc2-c2ccccc21)C1(c2ccccc2-c2ccccc21)c1cccc(-c2ccccc2)c1-5. The number of benzene rings is 10. The van der Waals surface area contributed by atoms with Crippen LogP contribution in [0.4, 0.5) is 0 Å². The molecule has 4 aliphatic carbocycles. The average Bonchev–Trinajstić information content (AvgIpc) is 1.84. The first-order valence-electron chi connectivity index (χ1n) is 28.8. The molecule has 0 radical (unpaired) electrons. The van der Waals surface area contributed by atoms with Gasteiger partial charge in [-0.15, -0.1) is 0 Å². The van der Waals surface area contributed by atoms with Gasteiger partial charge in [-0.3, -0.25) is 9.97 Å². The van der Waals surface area contributed by atoms with Crippen LogP contribution in [0.2, 0.25) is 0 Å². The van der Waals surface area contributed by atoms with Gasteiger partial charge >= 0.3 is 0 Å². The van der Waals surface area contributed by atoms with Crippen LogP contribution in [0.25, 0.3) is 116 Å². The molecular weight excluding hydrogens is 979 g/mol. The van der Waals surface area contributed by atoms with Crippen molar-refractivity contribution in [2.75, 3.05) is 0 Å². The number of hydrogen-bond donors (Lipinski definition) is 0. The summed E-state index contributed by atoms with van der Waals surface area (Å²) < 4.78 is 2.59. The van der Waals surface area contributed by atoms with E-state index in [4.69, 9.17) is 9.97 Å². The van der Waals surface area contributed by atoms with E-state index in [0.29, 0.717) is 0 Å². The van der Waals surface area contributed by atoms with Gasteiger partial charge in [0, 0.05) is 32.7 Å². The van der Waals surface area contributed by atoms with Gasteiger partial charge in [-0.2, -0.15) is 0 Å². The molecule has 2 spiro atoms. The molecule has 0 N–H and O–H groups in total. The Morgan fingerprint density at radius 2 is 0.741 bits per heavy atom. The van der Waals surface area contributed by atoms with Crippen LogP contribution in [-0.4, -0.2) is 14.4 Å². The van der Waals surface area contributed by atoms with Crippen molar-refractivity contribution in [2.45, 2.75) is 63.2 Å². The largest absolute Gasteiger partial charge is 0.305 e. The Morgan fingerprint density at radius 1 is 0.333 bits per heavy atom. The van der Waals surface area contributed by atoms with E-state index in [2.05, 4.69) is 271 Å². The molecule has 0 amide bonds. The molecular formula is C78H55N3. The predicted octanol–water partition coefficient (Wildman–Crippen LogP) is 19.4. The molecule has 4 aromatic heterocycles. The van der Waals surface area contributed by atoms with E-state index < -0.39 is 10.8 Å². The zero-order valence-electron chi connectivity index (χ0n) is 46.2. The molecule has 81 heavy (non-hydrogen) atoms. The highest BCUT2D eigenvalue weighted by Gasteiger charge is 2.56. The third kappa shape index (κ3) is 5.37. The molecule has 4 aliphatic rings. The summed E-state index contributed by atoms with van der Waals surface area (Å²) in [6.07, 6.45) is 4.49. The van der Waals surface area contributed by atoms with Gasteiger partial charge in [-0.25, -0.2) is 0 Å². The topological polar surface area (TPSA) is 30.2 Å². The Kier molecular flexibility index (Phi) is 8.56. The van der Waals surface area contributed by atoms with E-state index in [1.807, 2.05) is 0 Å². The highest BCUT2D eigenvalue weighted by molar-refractivity contribution is 6.36. The second kappa shape index (κ2) is 15.3. The third-order valence-electron chi connectivity index (χ3n) is 19.5. The van der Waals surface area contributed by atoms with Crippen LogP contribution in [0.15, 0.2) is 225 Å². The molecule has 4 heterocycles. The van der Waals surface area contributed by atoms with Crippen molar-refractivity contribution in [1.82, 2.24) is 14.4 Å². The molecule has 382 valence electrons. The van der Waals surface area contributed by atoms with Gasteiger partial charge in [-0.05, 0) is 134 Å². The van der Waals surface area contributed by atoms with Gasteiger partial charge in [0.15, 0.2) is 0 Å². The van der Waals surface area contributed by atoms with Crippen molar-refractivity contribution < 1.29 is 0 Å². The first kappa shape index (κ1) is 45.4. The van der Waals surface area contributed by atoms with Crippen LogP contribution in [0.3, 0.4) is 0 Å². The fourth-order valence-electron chi connectivity index (χ4n) is 16.3. The molecule has 0 saturated carbocycles. The Morgan fingerprint density at radius 3 is 1.20 bits per heavy atom. The fraction of sp³-hybridized carbons (Fsp3) is 0.128. The molecule has 0 bridgehead atoms. The third-order valence-corrected chi connectivity index (χ3v) is 19.5. The first-order valence-corrected chi connectivity index (χ1v) is 28.8. The monoisotopic (exact) mass is 1030 g/mol. The molecule has 0 unspecified atom stereocenters. The minimum Gasteiger partial charge on any atom is -0.305 e. The smallest absolute Gasteiger partial charge is 0.0898 e. The normalized spacial score (nSPS) is 14.7. The van der Waals surface area contributed by atoms with E-state index in [-0.39, 0.29) is 10.8 Å². The lowest BCUT2D eigenvalue weighted by Gasteiger charge is -2.29. The van der Waals surface area contributed by atoms with E-state index in [0.717, 1.165) is 22.4 Å². The maximum Gasteiger partial charge on any atom is 0.0898 e. The highest BCUT2D eigenvalue weighted by Crippen LogP contribution is 2.68. The van der Waals surface area contributed by atoms with Crippen molar-refractivity contribution in [3.8, 4) is 66.8 Å².